The van der Waals surface area contributed by atoms with Crippen molar-refractivity contribution in [3.05, 3.63) is 82.9 Å². The molecule has 4 rings (SSSR count). The van der Waals surface area contributed by atoms with Crippen molar-refractivity contribution in [2.75, 3.05) is 24.9 Å². The van der Waals surface area contributed by atoms with Gasteiger partial charge in [-0.2, -0.15) is 0 Å². The van der Waals surface area contributed by atoms with E-state index in [0.29, 0.717) is 35.0 Å². The van der Waals surface area contributed by atoms with Gasteiger partial charge in [0.05, 0.1) is 14.2 Å². The maximum absolute atomic E-state index is 13.1. The molecule has 0 aromatic heterocycles. The summed E-state index contributed by atoms with van der Waals surface area (Å²) in [5, 5.41) is 8.48. The van der Waals surface area contributed by atoms with Crippen LogP contribution in [-0.2, 0) is 22.6 Å². The third-order valence-electron chi connectivity index (χ3n) is 5.98. The second kappa shape index (κ2) is 10.3. The summed E-state index contributed by atoms with van der Waals surface area (Å²) in [5.74, 6) is -1.03. The average molecular weight is 474 g/mol. The number of anilines is 2. The average Bonchev–Trinajstić information content (AvgIpc) is 2.87. The van der Waals surface area contributed by atoms with Crippen LogP contribution in [0, 0.1) is 12.8 Å². The van der Waals surface area contributed by atoms with Crippen LogP contribution < -0.4 is 25.4 Å². The fraction of sp³-hybridized carbons (Fsp3) is 0.222. The number of hydrogen-bond acceptors (Lipinski definition) is 5. The van der Waals surface area contributed by atoms with E-state index in [4.69, 9.17) is 9.47 Å². The van der Waals surface area contributed by atoms with Gasteiger partial charge in [0.1, 0.15) is 5.92 Å². The zero-order chi connectivity index (χ0) is 24.9. The molecule has 0 spiro atoms. The lowest BCUT2D eigenvalue weighted by atomic mass is 9.92. The van der Waals surface area contributed by atoms with E-state index in [0.717, 1.165) is 16.7 Å². The van der Waals surface area contributed by atoms with Gasteiger partial charge in [-0.1, -0.05) is 36.4 Å². The van der Waals surface area contributed by atoms with Crippen LogP contribution >= 0.6 is 0 Å². The van der Waals surface area contributed by atoms with Crippen molar-refractivity contribution in [1.29, 1.82) is 0 Å². The third kappa shape index (κ3) is 5.27. The molecule has 0 radical (unpaired) electrons. The lowest BCUT2D eigenvalue weighted by Gasteiger charge is -2.25. The van der Waals surface area contributed by atoms with Gasteiger partial charge >= 0.3 is 0 Å². The summed E-state index contributed by atoms with van der Waals surface area (Å²) in [6.07, 6.45) is 0.212. The van der Waals surface area contributed by atoms with Gasteiger partial charge < -0.3 is 25.4 Å². The number of ether oxygens (including phenoxy) is 2. The predicted molar refractivity (Wildman–Crippen MR) is 133 cm³/mol. The van der Waals surface area contributed by atoms with Gasteiger partial charge in [0.2, 0.25) is 11.8 Å². The summed E-state index contributed by atoms with van der Waals surface area (Å²) in [6.45, 7) is 2.22. The molecule has 1 atom stereocenters. The number of aryl methyl sites for hydroxylation is 1. The molecule has 1 aliphatic rings. The Hall–Kier alpha value is -4.33. The molecule has 0 bridgehead atoms. The van der Waals surface area contributed by atoms with Crippen molar-refractivity contribution in [3.8, 4) is 11.5 Å². The van der Waals surface area contributed by atoms with Crippen molar-refractivity contribution >= 4 is 29.1 Å². The number of carbonyl (C=O) groups is 3. The standard InChI is InChI=1S/C27H27N3O5/c1-16-9-10-18(25(31)28-15-17-7-5-4-6-8-17)12-21(16)29-26(32)20-11-19-13-23(34-2)24(35-3)14-22(19)30-27(20)33/h4-10,12-14,20H,11,15H2,1-3H3,(H,28,31)(H,29,32)(H,30,33). The Labute approximate surface area is 203 Å². The Balaban J connectivity index is 1.47. The highest BCUT2D eigenvalue weighted by molar-refractivity contribution is 6.13. The van der Waals surface area contributed by atoms with Crippen molar-refractivity contribution in [2.45, 2.75) is 19.9 Å². The number of hydrogen-bond donors (Lipinski definition) is 3. The van der Waals surface area contributed by atoms with Crippen LogP contribution in [0.15, 0.2) is 60.7 Å². The van der Waals surface area contributed by atoms with Gasteiger partial charge in [0, 0.05) is 29.5 Å². The Morgan fingerprint density at radius 1 is 1.00 bits per heavy atom. The van der Waals surface area contributed by atoms with Crippen LogP contribution in [0.4, 0.5) is 11.4 Å². The number of methoxy groups -OCH3 is 2. The molecular formula is C27H27N3O5. The summed E-state index contributed by atoms with van der Waals surface area (Å²) >= 11 is 0. The van der Waals surface area contributed by atoms with Gasteiger partial charge in [-0.15, -0.1) is 0 Å². The minimum atomic E-state index is -0.935. The van der Waals surface area contributed by atoms with Crippen LogP contribution in [0.1, 0.15) is 27.0 Å². The number of rotatable bonds is 7. The molecule has 1 aliphatic heterocycles. The molecule has 0 fully saturated rings. The van der Waals surface area contributed by atoms with Crippen LogP contribution in [-0.4, -0.2) is 31.9 Å². The highest BCUT2D eigenvalue weighted by Crippen LogP contribution is 2.37. The first-order chi connectivity index (χ1) is 16.9. The molecule has 3 amide bonds. The van der Waals surface area contributed by atoms with Gasteiger partial charge in [-0.3, -0.25) is 14.4 Å². The summed E-state index contributed by atoms with van der Waals surface area (Å²) in [5.41, 5.74) is 4.02. The zero-order valence-electron chi connectivity index (χ0n) is 19.8. The lowest BCUT2D eigenvalue weighted by molar-refractivity contribution is -0.129. The first kappa shape index (κ1) is 23.8. The molecule has 1 heterocycles. The van der Waals surface area contributed by atoms with E-state index in [1.165, 1.54) is 14.2 Å². The summed E-state index contributed by atoms with van der Waals surface area (Å²) in [6, 6.07) is 18.1. The molecule has 3 aromatic rings. The van der Waals surface area contributed by atoms with E-state index in [-0.39, 0.29) is 12.3 Å². The van der Waals surface area contributed by atoms with E-state index in [1.54, 1.807) is 30.3 Å². The number of benzene rings is 3. The minimum absolute atomic E-state index is 0.212. The fourth-order valence-corrected chi connectivity index (χ4v) is 3.95. The molecule has 0 saturated carbocycles. The SMILES string of the molecule is COc1cc2c(cc1OC)NC(=O)C(C(=O)Nc1cc(C(=O)NCc3ccccc3)ccc1C)C2. The van der Waals surface area contributed by atoms with Gasteiger partial charge in [-0.25, -0.2) is 0 Å². The highest BCUT2D eigenvalue weighted by Gasteiger charge is 2.33. The monoisotopic (exact) mass is 473 g/mol. The predicted octanol–water partition coefficient (Wildman–Crippen LogP) is 3.69. The second-order valence-electron chi connectivity index (χ2n) is 8.30. The normalized spacial score (nSPS) is 14.4. The Morgan fingerprint density at radius 2 is 1.71 bits per heavy atom. The first-order valence-electron chi connectivity index (χ1n) is 11.2. The summed E-state index contributed by atoms with van der Waals surface area (Å²) in [7, 11) is 3.05. The van der Waals surface area contributed by atoms with Crippen molar-refractivity contribution in [1.82, 2.24) is 5.32 Å². The van der Waals surface area contributed by atoms with E-state index in [1.807, 2.05) is 37.3 Å². The van der Waals surface area contributed by atoms with E-state index in [9.17, 15) is 14.4 Å². The van der Waals surface area contributed by atoms with Crippen molar-refractivity contribution < 1.29 is 23.9 Å². The maximum Gasteiger partial charge on any atom is 0.251 e. The lowest BCUT2D eigenvalue weighted by Crippen LogP contribution is -2.38. The quantitative estimate of drug-likeness (QED) is 0.454. The van der Waals surface area contributed by atoms with Crippen molar-refractivity contribution in [3.63, 3.8) is 0 Å². The van der Waals surface area contributed by atoms with E-state index < -0.39 is 17.7 Å². The van der Waals surface area contributed by atoms with Crippen LogP contribution in [0.25, 0.3) is 0 Å². The highest BCUT2D eigenvalue weighted by atomic mass is 16.5. The zero-order valence-corrected chi connectivity index (χ0v) is 19.8. The number of fused-ring (bicyclic) bond motifs is 1. The van der Waals surface area contributed by atoms with Crippen LogP contribution in [0.5, 0.6) is 11.5 Å². The Kier molecular flexibility index (Phi) is 7.01. The molecule has 180 valence electrons. The summed E-state index contributed by atoms with van der Waals surface area (Å²) < 4.78 is 10.6. The Morgan fingerprint density at radius 3 is 2.43 bits per heavy atom. The first-order valence-corrected chi connectivity index (χ1v) is 11.2. The molecule has 0 aliphatic carbocycles. The number of carbonyl (C=O) groups excluding carboxylic acids is 3. The molecule has 35 heavy (non-hydrogen) atoms. The number of amides is 3. The van der Waals surface area contributed by atoms with Gasteiger partial charge in [0.25, 0.3) is 5.91 Å². The molecule has 8 nitrogen and oxygen atoms in total. The minimum Gasteiger partial charge on any atom is -0.493 e. The molecule has 3 N–H and O–H groups in total. The Bertz CT molecular complexity index is 1270. The second-order valence-corrected chi connectivity index (χ2v) is 8.30. The van der Waals surface area contributed by atoms with Crippen LogP contribution in [0.3, 0.4) is 0 Å². The molecule has 3 aromatic carbocycles. The smallest absolute Gasteiger partial charge is 0.251 e. The third-order valence-corrected chi connectivity index (χ3v) is 5.98. The van der Waals surface area contributed by atoms with E-state index >= 15 is 0 Å². The topological polar surface area (TPSA) is 106 Å². The van der Waals surface area contributed by atoms with Gasteiger partial charge in [-0.05, 0) is 48.2 Å². The maximum atomic E-state index is 13.1. The van der Waals surface area contributed by atoms with E-state index in [2.05, 4.69) is 16.0 Å². The van der Waals surface area contributed by atoms with Crippen LogP contribution in [0.2, 0.25) is 0 Å². The van der Waals surface area contributed by atoms with Crippen molar-refractivity contribution in [2.24, 2.45) is 5.92 Å². The molecule has 0 saturated heterocycles. The number of nitrogens with one attached hydrogen (secondary N) is 3. The largest absolute Gasteiger partial charge is 0.493 e. The van der Waals surface area contributed by atoms with Gasteiger partial charge in [0.15, 0.2) is 11.5 Å². The molecule has 8 heteroatoms. The molecule has 1 unspecified atom stereocenters. The molecular weight excluding hydrogens is 446 g/mol. The fourth-order valence-electron chi connectivity index (χ4n) is 3.95. The summed E-state index contributed by atoms with van der Waals surface area (Å²) in [4.78, 5) is 38.5.